The molecular weight excluding hydrogens is 286 g/mol. The first-order valence-corrected chi connectivity index (χ1v) is 6.79. The molecule has 2 aromatic heterocycles. The van der Waals surface area contributed by atoms with E-state index in [2.05, 4.69) is 38.2 Å². The van der Waals surface area contributed by atoms with Crippen molar-refractivity contribution in [2.45, 2.75) is 19.8 Å². The van der Waals surface area contributed by atoms with Gasteiger partial charge in [-0.1, -0.05) is 13.3 Å². The number of nitrogens with two attached hydrogens (primary N) is 1. The number of hydrogen-bond acceptors (Lipinski definition) is 4. The highest BCUT2D eigenvalue weighted by Crippen LogP contribution is 2.33. The van der Waals surface area contributed by atoms with E-state index in [9.17, 15) is 0 Å². The van der Waals surface area contributed by atoms with Crippen LogP contribution in [-0.4, -0.2) is 9.97 Å². The topological polar surface area (TPSA) is 51.8 Å². The Hall–Kier alpha value is -0.940. The molecule has 0 saturated carbocycles. The molecule has 0 saturated heterocycles. The minimum Gasteiger partial charge on any atom is -0.383 e. The van der Waals surface area contributed by atoms with E-state index in [0.29, 0.717) is 5.82 Å². The van der Waals surface area contributed by atoms with E-state index in [1.807, 2.05) is 5.38 Å². The van der Waals surface area contributed by atoms with Gasteiger partial charge in [-0.05, 0) is 22.4 Å². The number of hydrogen-bond donors (Lipinski definition) is 1. The number of halogens is 1. The van der Waals surface area contributed by atoms with E-state index in [1.165, 1.54) is 6.33 Å². The molecule has 5 heteroatoms. The maximum absolute atomic E-state index is 5.90. The largest absolute Gasteiger partial charge is 0.383 e. The van der Waals surface area contributed by atoms with Crippen molar-refractivity contribution in [3.05, 3.63) is 27.1 Å². The van der Waals surface area contributed by atoms with Gasteiger partial charge in [-0.15, -0.1) is 0 Å². The standard InChI is InChI=1S/C11H12BrN3S/c1-2-3-7-10(14-6-15-11(7)13)8-4-16-5-9(8)12/h4-6H,2-3H2,1H3,(H2,13,14,15). The average molecular weight is 298 g/mol. The van der Waals surface area contributed by atoms with Crippen molar-refractivity contribution in [1.29, 1.82) is 0 Å². The maximum atomic E-state index is 5.90. The van der Waals surface area contributed by atoms with Gasteiger partial charge in [0, 0.05) is 26.4 Å². The maximum Gasteiger partial charge on any atom is 0.130 e. The van der Waals surface area contributed by atoms with Crippen molar-refractivity contribution >= 4 is 33.1 Å². The zero-order valence-corrected chi connectivity index (χ0v) is 11.3. The zero-order chi connectivity index (χ0) is 11.5. The van der Waals surface area contributed by atoms with Crippen LogP contribution >= 0.6 is 27.3 Å². The van der Waals surface area contributed by atoms with Gasteiger partial charge >= 0.3 is 0 Å². The predicted octanol–water partition coefficient (Wildman–Crippen LogP) is 3.50. The lowest BCUT2D eigenvalue weighted by Crippen LogP contribution is -2.02. The summed E-state index contributed by atoms with van der Waals surface area (Å²) < 4.78 is 1.06. The fourth-order valence-corrected chi connectivity index (χ4v) is 3.07. The Bertz CT molecular complexity index is 496. The van der Waals surface area contributed by atoms with Gasteiger partial charge in [-0.2, -0.15) is 11.3 Å². The SMILES string of the molecule is CCCc1c(N)ncnc1-c1cscc1Br. The molecule has 0 bridgehead atoms. The first-order chi connectivity index (χ1) is 7.74. The van der Waals surface area contributed by atoms with Gasteiger partial charge < -0.3 is 5.73 Å². The van der Waals surface area contributed by atoms with Crippen molar-refractivity contribution in [2.75, 3.05) is 5.73 Å². The Labute approximate surface area is 107 Å². The van der Waals surface area contributed by atoms with Crippen molar-refractivity contribution in [1.82, 2.24) is 9.97 Å². The lowest BCUT2D eigenvalue weighted by Gasteiger charge is -2.08. The average Bonchev–Trinajstić information content (AvgIpc) is 2.68. The van der Waals surface area contributed by atoms with Crippen LogP contribution in [0.1, 0.15) is 18.9 Å². The number of nitrogens with zero attached hydrogens (tertiary/aromatic N) is 2. The van der Waals surface area contributed by atoms with Crippen LogP contribution in [0.5, 0.6) is 0 Å². The first-order valence-electron chi connectivity index (χ1n) is 5.05. The summed E-state index contributed by atoms with van der Waals surface area (Å²) in [6, 6.07) is 0. The van der Waals surface area contributed by atoms with Crippen LogP contribution in [0.2, 0.25) is 0 Å². The van der Waals surface area contributed by atoms with Crippen LogP contribution in [-0.2, 0) is 6.42 Å². The molecule has 2 aromatic rings. The van der Waals surface area contributed by atoms with Crippen molar-refractivity contribution < 1.29 is 0 Å². The third kappa shape index (κ3) is 2.10. The van der Waals surface area contributed by atoms with E-state index in [1.54, 1.807) is 11.3 Å². The van der Waals surface area contributed by atoms with E-state index < -0.39 is 0 Å². The summed E-state index contributed by atoms with van der Waals surface area (Å²) in [6.07, 6.45) is 3.46. The highest BCUT2D eigenvalue weighted by Gasteiger charge is 2.13. The summed E-state index contributed by atoms with van der Waals surface area (Å²) in [4.78, 5) is 8.40. The molecule has 3 nitrogen and oxygen atoms in total. The number of aromatic nitrogens is 2. The minimum absolute atomic E-state index is 0.588. The van der Waals surface area contributed by atoms with Crippen LogP contribution in [0, 0.1) is 0 Å². The Kier molecular flexibility index (Phi) is 3.56. The normalized spacial score (nSPS) is 10.6. The third-order valence-electron chi connectivity index (χ3n) is 2.35. The summed E-state index contributed by atoms with van der Waals surface area (Å²) in [6.45, 7) is 2.12. The fourth-order valence-electron chi connectivity index (χ4n) is 1.61. The number of nitrogen functional groups attached to an aromatic ring is 1. The second-order valence-corrected chi connectivity index (χ2v) is 5.07. The second kappa shape index (κ2) is 4.93. The van der Waals surface area contributed by atoms with Crippen LogP contribution in [0.4, 0.5) is 5.82 Å². The van der Waals surface area contributed by atoms with Gasteiger partial charge in [0.1, 0.15) is 12.1 Å². The van der Waals surface area contributed by atoms with E-state index in [0.717, 1.165) is 34.1 Å². The smallest absolute Gasteiger partial charge is 0.130 e. The molecule has 0 atom stereocenters. The Balaban J connectivity index is 2.56. The molecule has 84 valence electrons. The van der Waals surface area contributed by atoms with Gasteiger partial charge in [0.15, 0.2) is 0 Å². The molecule has 0 aliphatic carbocycles. The first kappa shape index (κ1) is 11.5. The van der Waals surface area contributed by atoms with E-state index in [4.69, 9.17) is 5.73 Å². The highest BCUT2D eigenvalue weighted by molar-refractivity contribution is 9.10. The van der Waals surface area contributed by atoms with Gasteiger partial charge in [0.05, 0.1) is 5.69 Å². The number of anilines is 1. The Morgan fingerprint density at radius 2 is 2.19 bits per heavy atom. The molecule has 0 aliphatic rings. The molecule has 0 aliphatic heterocycles. The van der Waals surface area contributed by atoms with Crippen molar-refractivity contribution in [2.24, 2.45) is 0 Å². The monoisotopic (exact) mass is 297 g/mol. The summed E-state index contributed by atoms with van der Waals surface area (Å²) in [5.41, 5.74) is 8.99. The predicted molar refractivity (Wildman–Crippen MR) is 71.5 cm³/mol. The molecule has 0 amide bonds. The Morgan fingerprint density at radius 3 is 2.81 bits per heavy atom. The minimum atomic E-state index is 0.588. The summed E-state index contributed by atoms with van der Waals surface area (Å²) >= 11 is 5.17. The van der Waals surface area contributed by atoms with Gasteiger partial charge in [0.2, 0.25) is 0 Å². The van der Waals surface area contributed by atoms with Crippen molar-refractivity contribution in [3.63, 3.8) is 0 Å². The molecule has 0 radical (unpaired) electrons. The van der Waals surface area contributed by atoms with E-state index >= 15 is 0 Å². The summed E-state index contributed by atoms with van der Waals surface area (Å²) in [7, 11) is 0. The molecule has 2 rings (SSSR count). The van der Waals surface area contributed by atoms with Gasteiger partial charge in [0.25, 0.3) is 0 Å². The second-order valence-electron chi connectivity index (χ2n) is 3.47. The summed E-state index contributed by atoms with van der Waals surface area (Å²) in [5, 5.41) is 4.12. The van der Waals surface area contributed by atoms with Gasteiger partial charge in [-0.25, -0.2) is 9.97 Å². The highest BCUT2D eigenvalue weighted by atomic mass is 79.9. The van der Waals surface area contributed by atoms with Crippen LogP contribution in [0.15, 0.2) is 21.6 Å². The van der Waals surface area contributed by atoms with E-state index in [-0.39, 0.29) is 0 Å². The Morgan fingerprint density at radius 1 is 1.38 bits per heavy atom. The van der Waals surface area contributed by atoms with Crippen LogP contribution < -0.4 is 5.73 Å². The quantitative estimate of drug-likeness (QED) is 0.943. The van der Waals surface area contributed by atoms with Crippen LogP contribution in [0.25, 0.3) is 11.3 Å². The third-order valence-corrected chi connectivity index (χ3v) is 4.05. The number of thiophene rings is 1. The zero-order valence-electron chi connectivity index (χ0n) is 8.90. The molecule has 2 N–H and O–H groups in total. The fraction of sp³-hybridized carbons (Fsp3) is 0.273. The summed E-state index contributed by atoms with van der Waals surface area (Å²) in [5.74, 6) is 0.588. The van der Waals surface area contributed by atoms with Crippen molar-refractivity contribution in [3.8, 4) is 11.3 Å². The molecular formula is C11H12BrN3S. The molecule has 2 heterocycles. The molecule has 0 aromatic carbocycles. The molecule has 0 unspecified atom stereocenters. The van der Waals surface area contributed by atoms with Gasteiger partial charge in [-0.3, -0.25) is 0 Å². The molecule has 0 spiro atoms. The lowest BCUT2D eigenvalue weighted by molar-refractivity contribution is 0.908. The lowest BCUT2D eigenvalue weighted by atomic mass is 10.1. The van der Waals surface area contributed by atoms with Crippen LogP contribution in [0.3, 0.4) is 0 Å². The number of rotatable bonds is 3. The molecule has 0 fully saturated rings. The molecule has 16 heavy (non-hydrogen) atoms.